The van der Waals surface area contributed by atoms with Crippen LogP contribution in [-0.2, 0) is 9.47 Å². The number of nitrogens with one attached hydrogen (secondary N) is 1. The van der Waals surface area contributed by atoms with E-state index in [2.05, 4.69) is 24.2 Å². The summed E-state index contributed by atoms with van der Waals surface area (Å²) in [5, 5.41) is 3.65. The Kier molecular flexibility index (Phi) is 7.44. The summed E-state index contributed by atoms with van der Waals surface area (Å²) in [5.41, 5.74) is 0.410. The lowest BCUT2D eigenvalue weighted by Gasteiger charge is -2.41. The average Bonchev–Trinajstić information content (AvgIpc) is 2.49. The SMILES string of the molecule is CCCNCC1(CN(C)CC2CCOCC2)CCOCC1. The van der Waals surface area contributed by atoms with Crippen LogP contribution in [0, 0.1) is 11.3 Å². The van der Waals surface area contributed by atoms with Crippen LogP contribution in [0.15, 0.2) is 0 Å². The Morgan fingerprint density at radius 3 is 2.43 bits per heavy atom. The van der Waals surface area contributed by atoms with Gasteiger partial charge >= 0.3 is 0 Å². The van der Waals surface area contributed by atoms with Crippen molar-refractivity contribution < 1.29 is 9.47 Å². The van der Waals surface area contributed by atoms with E-state index in [1.54, 1.807) is 0 Å². The van der Waals surface area contributed by atoms with Crippen molar-refractivity contribution in [2.24, 2.45) is 11.3 Å². The van der Waals surface area contributed by atoms with Crippen LogP contribution in [-0.4, -0.2) is 64.6 Å². The van der Waals surface area contributed by atoms with Crippen LogP contribution >= 0.6 is 0 Å². The van der Waals surface area contributed by atoms with Gasteiger partial charge in [-0.1, -0.05) is 6.92 Å². The third-order valence-electron chi connectivity index (χ3n) is 5.00. The predicted molar refractivity (Wildman–Crippen MR) is 86.7 cm³/mol. The lowest BCUT2D eigenvalue weighted by atomic mass is 9.79. The first-order valence-electron chi connectivity index (χ1n) is 8.79. The van der Waals surface area contributed by atoms with Crippen LogP contribution in [0.3, 0.4) is 0 Å². The second-order valence-electron chi connectivity index (χ2n) is 7.04. The van der Waals surface area contributed by atoms with Gasteiger partial charge in [0.05, 0.1) is 0 Å². The fourth-order valence-corrected chi connectivity index (χ4v) is 3.73. The fraction of sp³-hybridized carbons (Fsp3) is 1.00. The van der Waals surface area contributed by atoms with Gasteiger partial charge in [0.25, 0.3) is 0 Å². The van der Waals surface area contributed by atoms with Gasteiger partial charge < -0.3 is 19.7 Å². The maximum absolute atomic E-state index is 5.60. The van der Waals surface area contributed by atoms with Crippen molar-refractivity contribution in [2.75, 3.05) is 59.7 Å². The van der Waals surface area contributed by atoms with Crippen LogP contribution in [0.4, 0.5) is 0 Å². The van der Waals surface area contributed by atoms with Gasteiger partial charge in [0.2, 0.25) is 0 Å². The van der Waals surface area contributed by atoms with E-state index >= 15 is 0 Å². The molecule has 0 aromatic heterocycles. The Hall–Kier alpha value is -0.160. The van der Waals surface area contributed by atoms with Crippen molar-refractivity contribution in [3.05, 3.63) is 0 Å². The zero-order valence-corrected chi connectivity index (χ0v) is 14.0. The van der Waals surface area contributed by atoms with E-state index in [0.29, 0.717) is 5.41 Å². The normalized spacial score (nSPS) is 23.6. The molecule has 21 heavy (non-hydrogen) atoms. The molecular weight excluding hydrogens is 264 g/mol. The number of hydrogen-bond donors (Lipinski definition) is 1. The van der Waals surface area contributed by atoms with Crippen molar-refractivity contribution >= 4 is 0 Å². The van der Waals surface area contributed by atoms with Crippen molar-refractivity contribution in [2.45, 2.75) is 39.0 Å². The molecule has 2 rings (SSSR count). The molecule has 4 heteroatoms. The predicted octanol–water partition coefficient (Wildman–Crippen LogP) is 2.14. The van der Waals surface area contributed by atoms with E-state index in [9.17, 15) is 0 Å². The summed E-state index contributed by atoms with van der Waals surface area (Å²) in [5.74, 6) is 0.823. The lowest BCUT2D eigenvalue weighted by molar-refractivity contribution is -0.00676. The first-order chi connectivity index (χ1) is 10.2. The molecule has 0 radical (unpaired) electrons. The monoisotopic (exact) mass is 298 g/mol. The molecule has 0 atom stereocenters. The van der Waals surface area contributed by atoms with Crippen molar-refractivity contribution in [1.82, 2.24) is 10.2 Å². The highest BCUT2D eigenvalue weighted by molar-refractivity contribution is 4.87. The summed E-state index contributed by atoms with van der Waals surface area (Å²) in [7, 11) is 2.30. The van der Waals surface area contributed by atoms with Gasteiger partial charge in [-0.3, -0.25) is 0 Å². The summed E-state index contributed by atoms with van der Waals surface area (Å²) in [4.78, 5) is 2.56. The highest BCUT2D eigenvalue weighted by Gasteiger charge is 2.33. The average molecular weight is 298 g/mol. The van der Waals surface area contributed by atoms with E-state index in [4.69, 9.17) is 9.47 Å². The summed E-state index contributed by atoms with van der Waals surface area (Å²) >= 11 is 0. The molecule has 124 valence electrons. The fourth-order valence-electron chi connectivity index (χ4n) is 3.73. The van der Waals surface area contributed by atoms with Crippen LogP contribution < -0.4 is 5.32 Å². The van der Waals surface area contributed by atoms with Crippen LogP contribution in [0.5, 0.6) is 0 Å². The summed E-state index contributed by atoms with van der Waals surface area (Å²) < 4.78 is 11.1. The number of hydrogen-bond acceptors (Lipinski definition) is 4. The highest BCUT2D eigenvalue weighted by Crippen LogP contribution is 2.31. The second-order valence-corrected chi connectivity index (χ2v) is 7.04. The summed E-state index contributed by atoms with van der Waals surface area (Å²) in [6.07, 6.45) is 6.07. The maximum Gasteiger partial charge on any atom is 0.0472 e. The first kappa shape index (κ1) is 17.2. The number of nitrogens with zero attached hydrogens (tertiary/aromatic N) is 1. The van der Waals surface area contributed by atoms with Gasteiger partial charge in [0, 0.05) is 46.1 Å². The van der Waals surface area contributed by atoms with E-state index < -0.39 is 0 Å². The van der Waals surface area contributed by atoms with Crippen LogP contribution in [0.1, 0.15) is 39.0 Å². The van der Waals surface area contributed by atoms with Gasteiger partial charge in [0.1, 0.15) is 0 Å². The molecule has 2 saturated heterocycles. The molecule has 0 aromatic carbocycles. The molecule has 2 fully saturated rings. The Bertz CT molecular complexity index is 274. The molecule has 0 saturated carbocycles. The van der Waals surface area contributed by atoms with Gasteiger partial charge in [0.15, 0.2) is 0 Å². The van der Waals surface area contributed by atoms with Gasteiger partial charge in [-0.2, -0.15) is 0 Å². The molecule has 0 unspecified atom stereocenters. The smallest absolute Gasteiger partial charge is 0.0472 e. The zero-order chi connectivity index (χ0) is 15.0. The Labute approximate surface area is 130 Å². The minimum Gasteiger partial charge on any atom is -0.381 e. The second kappa shape index (κ2) is 9.09. The molecule has 0 aromatic rings. The van der Waals surface area contributed by atoms with Crippen LogP contribution in [0.2, 0.25) is 0 Å². The van der Waals surface area contributed by atoms with Crippen molar-refractivity contribution in [1.29, 1.82) is 0 Å². The molecule has 0 bridgehead atoms. The van der Waals surface area contributed by atoms with E-state index in [0.717, 1.165) is 45.4 Å². The zero-order valence-electron chi connectivity index (χ0n) is 14.0. The molecular formula is C17H34N2O2. The third-order valence-corrected chi connectivity index (χ3v) is 5.00. The standard InChI is InChI=1S/C17H34N2O2/c1-3-8-18-14-17(6-11-21-12-7-17)15-19(2)13-16-4-9-20-10-5-16/h16,18H,3-15H2,1-2H3. The van der Waals surface area contributed by atoms with Gasteiger partial charge in [-0.25, -0.2) is 0 Å². The third kappa shape index (κ3) is 5.85. The largest absolute Gasteiger partial charge is 0.381 e. The molecule has 0 amide bonds. The summed E-state index contributed by atoms with van der Waals surface area (Å²) in [6, 6.07) is 0. The minimum atomic E-state index is 0.410. The van der Waals surface area contributed by atoms with E-state index in [-0.39, 0.29) is 0 Å². The van der Waals surface area contributed by atoms with Crippen molar-refractivity contribution in [3.8, 4) is 0 Å². The molecule has 4 nitrogen and oxygen atoms in total. The quantitative estimate of drug-likeness (QED) is 0.696. The highest BCUT2D eigenvalue weighted by atomic mass is 16.5. The van der Waals surface area contributed by atoms with Gasteiger partial charge in [-0.15, -0.1) is 0 Å². The van der Waals surface area contributed by atoms with E-state index in [1.807, 2.05) is 0 Å². The van der Waals surface area contributed by atoms with Crippen molar-refractivity contribution in [3.63, 3.8) is 0 Å². The first-order valence-corrected chi connectivity index (χ1v) is 8.79. The molecule has 0 spiro atoms. The van der Waals surface area contributed by atoms with Gasteiger partial charge in [-0.05, 0) is 57.0 Å². The number of ether oxygens (including phenoxy) is 2. The Morgan fingerprint density at radius 1 is 1.10 bits per heavy atom. The topological polar surface area (TPSA) is 33.7 Å². The molecule has 0 aliphatic carbocycles. The molecule has 2 aliphatic heterocycles. The summed E-state index contributed by atoms with van der Waals surface area (Å²) in [6.45, 7) is 10.7. The molecule has 2 heterocycles. The maximum atomic E-state index is 5.60. The minimum absolute atomic E-state index is 0.410. The van der Waals surface area contributed by atoms with Crippen LogP contribution in [0.25, 0.3) is 0 Å². The Balaban J connectivity index is 1.81. The Morgan fingerprint density at radius 2 is 1.76 bits per heavy atom. The lowest BCUT2D eigenvalue weighted by Crippen LogP contribution is -2.47. The van der Waals surface area contributed by atoms with E-state index in [1.165, 1.54) is 45.2 Å². The number of rotatable bonds is 8. The molecule has 2 aliphatic rings. The molecule has 1 N–H and O–H groups in total.